The van der Waals surface area contributed by atoms with Gasteiger partial charge in [0.1, 0.15) is 17.6 Å². The minimum Gasteiger partial charge on any atom is -0.497 e. The molecular formula is C26H27N3O4. The van der Waals surface area contributed by atoms with Gasteiger partial charge in [-0.2, -0.15) is 0 Å². The summed E-state index contributed by atoms with van der Waals surface area (Å²) in [6.45, 7) is 3.23. The van der Waals surface area contributed by atoms with E-state index in [1.54, 1.807) is 55.9 Å². The second kappa shape index (κ2) is 10.2. The number of nitrogens with one attached hydrogen (secondary N) is 1. The quantitative estimate of drug-likeness (QED) is 0.611. The lowest BCUT2D eigenvalue weighted by molar-refractivity contribution is 0.0594. The van der Waals surface area contributed by atoms with E-state index in [0.29, 0.717) is 35.7 Å². The van der Waals surface area contributed by atoms with Gasteiger partial charge in [-0.15, -0.1) is 0 Å². The van der Waals surface area contributed by atoms with E-state index in [9.17, 15) is 9.59 Å². The molecule has 2 amide bonds. The van der Waals surface area contributed by atoms with Crippen LogP contribution in [0.25, 0.3) is 0 Å². The van der Waals surface area contributed by atoms with E-state index in [4.69, 9.17) is 9.47 Å². The van der Waals surface area contributed by atoms with Gasteiger partial charge in [0.15, 0.2) is 0 Å². The Bertz CT molecular complexity index is 1130. The van der Waals surface area contributed by atoms with Crippen molar-refractivity contribution in [2.45, 2.75) is 25.9 Å². The number of methoxy groups -OCH3 is 1. The molecule has 2 aromatic carbocycles. The summed E-state index contributed by atoms with van der Waals surface area (Å²) in [4.78, 5) is 31.1. The highest BCUT2D eigenvalue weighted by Crippen LogP contribution is 2.27. The Labute approximate surface area is 193 Å². The van der Waals surface area contributed by atoms with Crippen LogP contribution in [0.15, 0.2) is 67.0 Å². The van der Waals surface area contributed by atoms with Crippen LogP contribution in [0.4, 0.5) is 5.69 Å². The van der Waals surface area contributed by atoms with E-state index in [1.807, 2.05) is 30.0 Å². The lowest BCUT2D eigenvalue weighted by atomic mass is 10.1. The average molecular weight is 446 g/mol. The molecule has 1 fully saturated rings. The van der Waals surface area contributed by atoms with E-state index in [1.165, 1.54) is 0 Å². The van der Waals surface area contributed by atoms with Crippen molar-refractivity contribution in [1.29, 1.82) is 0 Å². The number of likely N-dealkylation sites (tertiary alicyclic amines) is 1. The number of hydrogen-bond donors (Lipinski definition) is 1. The zero-order valence-electron chi connectivity index (χ0n) is 18.8. The van der Waals surface area contributed by atoms with Gasteiger partial charge in [-0.05, 0) is 48.9 Å². The standard InChI is InChI=1S/C26H27N3O4/c1-18-8-9-21(28-25(30)19-5-3-7-23(15-19)32-2)16-24(18)33-22-10-13-29(14-11-22)26(31)20-6-4-12-27-17-20/h3-9,12,15-17,22H,10-11,13-14H2,1-2H3,(H,28,30). The second-order valence-electron chi connectivity index (χ2n) is 8.02. The molecule has 1 aliphatic heterocycles. The molecule has 0 atom stereocenters. The highest BCUT2D eigenvalue weighted by molar-refractivity contribution is 6.04. The number of nitrogens with zero attached hydrogens (tertiary/aromatic N) is 2. The minimum atomic E-state index is -0.217. The van der Waals surface area contributed by atoms with Gasteiger partial charge < -0.3 is 19.7 Å². The average Bonchev–Trinajstić information content (AvgIpc) is 2.86. The zero-order chi connectivity index (χ0) is 23.2. The molecule has 3 aromatic rings. The van der Waals surface area contributed by atoms with E-state index in [0.717, 1.165) is 24.2 Å². The molecule has 2 heterocycles. The van der Waals surface area contributed by atoms with Gasteiger partial charge in [0, 0.05) is 55.6 Å². The van der Waals surface area contributed by atoms with Crippen molar-refractivity contribution in [1.82, 2.24) is 9.88 Å². The number of aryl methyl sites for hydroxylation is 1. The third-order valence-electron chi connectivity index (χ3n) is 5.71. The molecule has 1 aromatic heterocycles. The number of piperidine rings is 1. The number of rotatable bonds is 6. The molecule has 7 nitrogen and oxygen atoms in total. The van der Waals surface area contributed by atoms with Crippen LogP contribution in [-0.2, 0) is 0 Å². The van der Waals surface area contributed by atoms with Gasteiger partial charge in [0.05, 0.1) is 12.7 Å². The molecule has 0 radical (unpaired) electrons. The Morgan fingerprint density at radius 3 is 2.55 bits per heavy atom. The molecular weight excluding hydrogens is 418 g/mol. The van der Waals surface area contributed by atoms with Gasteiger partial charge in [0.2, 0.25) is 0 Å². The molecule has 1 aliphatic rings. The highest BCUT2D eigenvalue weighted by atomic mass is 16.5. The molecule has 0 saturated carbocycles. The molecule has 4 rings (SSSR count). The zero-order valence-corrected chi connectivity index (χ0v) is 18.8. The SMILES string of the molecule is COc1cccc(C(=O)Nc2ccc(C)c(OC3CCN(C(=O)c4cccnc4)CC3)c2)c1. The number of pyridine rings is 1. The van der Waals surface area contributed by atoms with E-state index in [2.05, 4.69) is 10.3 Å². The number of ether oxygens (including phenoxy) is 2. The van der Waals surface area contributed by atoms with Crippen molar-refractivity contribution in [3.05, 3.63) is 83.7 Å². The fraction of sp³-hybridized carbons (Fsp3) is 0.269. The van der Waals surface area contributed by atoms with Gasteiger partial charge in [-0.3, -0.25) is 14.6 Å². The first-order valence-corrected chi connectivity index (χ1v) is 11.0. The molecule has 1 N–H and O–H groups in total. The van der Waals surface area contributed by atoms with Gasteiger partial charge in [-0.25, -0.2) is 0 Å². The Morgan fingerprint density at radius 2 is 1.82 bits per heavy atom. The molecule has 0 aliphatic carbocycles. The summed E-state index contributed by atoms with van der Waals surface area (Å²) in [5, 5.41) is 2.92. The minimum absolute atomic E-state index is 0.0000160. The maximum atomic E-state index is 12.6. The van der Waals surface area contributed by atoms with Gasteiger partial charge >= 0.3 is 0 Å². The fourth-order valence-electron chi connectivity index (χ4n) is 3.80. The predicted molar refractivity (Wildman–Crippen MR) is 126 cm³/mol. The summed E-state index contributed by atoms with van der Waals surface area (Å²) in [6, 6.07) is 16.2. The van der Waals surface area contributed by atoms with Crippen molar-refractivity contribution < 1.29 is 19.1 Å². The van der Waals surface area contributed by atoms with E-state index in [-0.39, 0.29) is 17.9 Å². The van der Waals surface area contributed by atoms with Crippen molar-refractivity contribution in [3.8, 4) is 11.5 Å². The van der Waals surface area contributed by atoms with E-state index >= 15 is 0 Å². The van der Waals surface area contributed by atoms with Crippen LogP contribution in [-0.4, -0.2) is 48.0 Å². The molecule has 1 saturated heterocycles. The van der Waals surface area contributed by atoms with Crippen molar-refractivity contribution in [2.24, 2.45) is 0 Å². The smallest absolute Gasteiger partial charge is 0.255 e. The first kappa shape index (κ1) is 22.3. The van der Waals surface area contributed by atoms with Crippen LogP contribution in [0.1, 0.15) is 39.1 Å². The van der Waals surface area contributed by atoms with Crippen molar-refractivity contribution in [2.75, 3.05) is 25.5 Å². The lowest BCUT2D eigenvalue weighted by Gasteiger charge is -2.32. The molecule has 170 valence electrons. The monoisotopic (exact) mass is 445 g/mol. The second-order valence-corrected chi connectivity index (χ2v) is 8.02. The summed E-state index contributed by atoms with van der Waals surface area (Å²) < 4.78 is 11.5. The number of aromatic nitrogens is 1. The summed E-state index contributed by atoms with van der Waals surface area (Å²) >= 11 is 0. The number of anilines is 1. The van der Waals surface area contributed by atoms with Crippen LogP contribution in [0.5, 0.6) is 11.5 Å². The van der Waals surface area contributed by atoms with Crippen molar-refractivity contribution in [3.63, 3.8) is 0 Å². The molecule has 0 spiro atoms. The van der Waals surface area contributed by atoms with Gasteiger partial charge in [0.25, 0.3) is 11.8 Å². The Morgan fingerprint density at radius 1 is 1.03 bits per heavy atom. The Hall–Kier alpha value is -3.87. The van der Waals surface area contributed by atoms with Gasteiger partial charge in [-0.1, -0.05) is 12.1 Å². The summed E-state index contributed by atoms with van der Waals surface area (Å²) in [6.07, 6.45) is 4.75. The van der Waals surface area contributed by atoms with E-state index < -0.39 is 0 Å². The van der Waals surface area contributed by atoms with Crippen LogP contribution in [0, 0.1) is 6.92 Å². The largest absolute Gasteiger partial charge is 0.497 e. The normalized spacial score (nSPS) is 13.9. The predicted octanol–water partition coefficient (Wildman–Crippen LogP) is 4.33. The maximum Gasteiger partial charge on any atom is 0.255 e. The highest BCUT2D eigenvalue weighted by Gasteiger charge is 2.25. The topological polar surface area (TPSA) is 80.8 Å². The number of carbonyl (C=O) groups is 2. The first-order valence-electron chi connectivity index (χ1n) is 11.0. The first-order chi connectivity index (χ1) is 16.0. The molecule has 33 heavy (non-hydrogen) atoms. The number of amides is 2. The summed E-state index contributed by atoms with van der Waals surface area (Å²) in [7, 11) is 1.57. The van der Waals surface area contributed by atoms with Crippen LogP contribution in [0.2, 0.25) is 0 Å². The maximum absolute atomic E-state index is 12.6. The van der Waals surface area contributed by atoms with Crippen LogP contribution in [0.3, 0.4) is 0 Å². The summed E-state index contributed by atoms with van der Waals surface area (Å²) in [5.74, 6) is 1.14. The molecule has 7 heteroatoms. The number of carbonyl (C=O) groups excluding carboxylic acids is 2. The van der Waals surface area contributed by atoms with Crippen LogP contribution >= 0.6 is 0 Å². The number of benzene rings is 2. The summed E-state index contributed by atoms with van der Waals surface area (Å²) in [5.41, 5.74) is 2.77. The Balaban J connectivity index is 1.36. The molecule has 0 unspecified atom stereocenters. The fourth-order valence-corrected chi connectivity index (χ4v) is 3.80. The number of hydrogen-bond acceptors (Lipinski definition) is 5. The van der Waals surface area contributed by atoms with Crippen LogP contribution < -0.4 is 14.8 Å². The third-order valence-corrected chi connectivity index (χ3v) is 5.71. The lowest BCUT2D eigenvalue weighted by Crippen LogP contribution is -2.41. The molecule has 0 bridgehead atoms. The Kier molecular flexibility index (Phi) is 6.88. The van der Waals surface area contributed by atoms with Crippen molar-refractivity contribution >= 4 is 17.5 Å². The third kappa shape index (κ3) is 5.49.